The Bertz CT molecular complexity index is 1270. The molecule has 3 amide bonds. The first kappa shape index (κ1) is 26.5. The molecule has 0 saturated carbocycles. The number of likely N-dealkylation sites (tertiary alicyclic amines) is 1. The van der Waals surface area contributed by atoms with E-state index in [-0.39, 0.29) is 71.3 Å². The number of aromatic nitrogens is 4. The summed E-state index contributed by atoms with van der Waals surface area (Å²) in [5.41, 5.74) is -0.00212. The van der Waals surface area contributed by atoms with Crippen molar-refractivity contribution in [2.24, 2.45) is 11.8 Å². The number of nitrogens with zero attached hydrogens (tertiary/aromatic N) is 6. The Hall–Kier alpha value is -3.73. The van der Waals surface area contributed by atoms with Gasteiger partial charge >= 0.3 is 5.97 Å². The molecule has 0 radical (unpaired) electrons. The number of rotatable bonds is 8. The van der Waals surface area contributed by atoms with Crippen molar-refractivity contribution >= 4 is 41.4 Å². The van der Waals surface area contributed by atoms with E-state index in [2.05, 4.69) is 36.8 Å². The molecule has 6 heterocycles. The molecule has 1 aromatic rings. The van der Waals surface area contributed by atoms with Crippen LogP contribution in [-0.4, -0.2) is 120 Å². The number of fused-ring (bicyclic) bond motifs is 2. The van der Waals surface area contributed by atoms with Gasteiger partial charge in [0.1, 0.15) is 18.6 Å². The normalized spacial score (nSPS) is 33.3. The van der Waals surface area contributed by atoms with Crippen molar-refractivity contribution in [2.45, 2.75) is 62.3 Å². The summed E-state index contributed by atoms with van der Waals surface area (Å²) < 4.78 is 1.27. The van der Waals surface area contributed by atoms with Gasteiger partial charge in [0, 0.05) is 41.7 Å². The second-order valence-electron chi connectivity index (χ2n) is 11.0. The molecule has 0 bridgehead atoms. The smallest absolute Gasteiger partial charge is 0.353 e. The van der Waals surface area contributed by atoms with Crippen LogP contribution in [0.5, 0.6) is 0 Å². The molecule has 1 aromatic heterocycles. The van der Waals surface area contributed by atoms with Gasteiger partial charge in [0.2, 0.25) is 17.7 Å². The Kier molecular flexibility index (Phi) is 6.64. The summed E-state index contributed by atoms with van der Waals surface area (Å²) in [6.07, 6.45) is 1.86. The first-order valence-electron chi connectivity index (χ1n) is 13.2. The largest absolute Gasteiger partial charge is 0.477 e. The Morgan fingerprint density at radius 1 is 1.27 bits per heavy atom. The van der Waals surface area contributed by atoms with Crippen molar-refractivity contribution in [2.75, 3.05) is 19.6 Å². The highest BCUT2D eigenvalue weighted by molar-refractivity contribution is 8.03. The number of tetrazole rings is 1. The third-order valence-corrected chi connectivity index (χ3v) is 9.90. The summed E-state index contributed by atoms with van der Waals surface area (Å²) in [6.45, 7) is 5.17. The predicted octanol–water partition coefficient (Wildman–Crippen LogP) is -2.88. The summed E-state index contributed by atoms with van der Waals surface area (Å²) >= 11 is 1.43. The first-order valence-corrected chi connectivity index (χ1v) is 14.1. The molecule has 4 saturated heterocycles. The van der Waals surface area contributed by atoms with Crippen molar-refractivity contribution in [3.8, 4) is 0 Å². The zero-order valence-electron chi connectivity index (χ0n) is 21.9. The van der Waals surface area contributed by atoms with E-state index in [1.807, 2.05) is 6.92 Å². The van der Waals surface area contributed by atoms with E-state index in [0.717, 1.165) is 0 Å². The second-order valence-corrected chi connectivity index (χ2v) is 12.3. The molecular formula is C23H31N11O5S. The number of hydrogen-bond acceptors (Lipinski definition) is 10. The van der Waals surface area contributed by atoms with Crippen molar-refractivity contribution < 1.29 is 24.3 Å². The van der Waals surface area contributed by atoms with Crippen LogP contribution in [0.1, 0.15) is 20.3 Å². The Balaban J connectivity index is 1.08. The highest BCUT2D eigenvalue weighted by atomic mass is 32.2. The summed E-state index contributed by atoms with van der Waals surface area (Å²) in [7, 11) is 0. The minimum atomic E-state index is -1.16. The van der Waals surface area contributed by atoms with Gasteiger partial charge in [0.15, 0.2) is 5.96 Å². The lowest BCUT2D eigenvalue weighted by Gasteiger charge is -2.47. The standard InChI is InChI=1S/C23H31N11O5S/c1-9-17-16(10(2)27-15(35)7-33-8-26-30-31-33)21(37)34(17)18(22(38)39)19(9)40-11-3-12(25-4-11)20(36)32-5-13-14(6-32)29-23(24)28-13/h8-14,16-17,25H,3-7H2,1-2H3,(H,27,35)(H,38,39)(H3,24,28,29)/t9-,10?,11?,12+,13-,14+,16-,17-/m1/s1. The fraction of sp³-hybridized carbons (Fsp3) is 0.652. The molecule has 17 heteroatoms. The number of β-lactam (4-membered cyclic amide) rings is 1. The fourth-order valence-corrected chi connectivity index (χ4v) is 8.03. The number of aliphatic carboxylic acids is 1. The van der Waals surface area contributed by atoms with E-state index in [9.17, 15) is 24.3 Å². The quantitative estimate of drug-likeness (QED) is 0.173. The van der Waals surface area contributed by atoms with Gasteiger partial charge < -0.3 is 36.2 Å². The average Bonchev–Trinajstić information content (AvgIpc) is 3.70. The van der Waals surface area contributed by atoms with Gasteiger partial charge in [0.05, 0.1) is 30.1 Å². The molecule has 5 aliphatic heterocycles. The van der Waals surface area contributed by atoms with Crippen LogP contribution in [0.3, 0.4) is 0 Å². The van der Waals surface area contributed by atoms with Crippen molar-refractivity contribution in [3.63, 3.8) is 0 Å². The summed E-state index contributed by atoms with van der Waals surface area (Å²) in [5.74, 6) is -2.34. The number of carbonyl (C=O) groups is 4. The van der Waals surface area contributed by atoms with Crippen molar-refractivity contribution in [1.29, 1.82) is 5.41 Å². The Morgan fingerprint density at radius 3 is 2.65 bits per heavy atom. The van der Waals surface area contributed by atoms with Gasteiger partial charge in [-0.2, -0.15) is 0 Å². The molecule has 6 rings (SSSR count). The van der Waals surface area contributed by atoms with Gasteiger partial charge in [-0.3, -0.25) is 19.8 Å². The van der Waals surface area contributed by atoms with E-state index in [1.54, 1.807) is 11.8 Å². The van der Waals surface area contributed by atoms with Crippen molar-refractivity contribution in [1.82, 2.24) is 51.3 Å². The average molecular weight is 574 g/mol. The molecule has 40 heavy (non-hydrogen) atoms. The third kappa shape index (κ3) is 4.46. The van der Waals surface area contributed by atoms with Gasteiger partial charge in [-0.1, -0.05) is 6.92 Å². The molecule has 0 aromatic carbocycles. The van der Waals surface area contributed by atoms with Gasteiger partial charge in [-0.25, -0.2) is 9.48 Å². The highest BCUT2D eigenvalue weighted by Gasteiger charge is 2.60. The SMILES string of the molecule is CC(NC(=O)Cn1cnnn1)[C@H]1C(=O)N2C(C(=O)O)=C(SC3CN[C@H](C(=O)N4C[C@@H]5NC(=N)N[C@@H]5C4)C3)[C@H](C)[C@H]12. The molecule has 2 unspecified atom stereocenters. The maximum Gasteiger partial charge on any atom is 0.353 e. The van der Waals surface area contributed by atoms with E-state index in [4.69, 9.17) is 5.41 Å². The maximum absolute atomic E-state index is 13.2. The summed E-state index contributed by atoms with van der Waals surface area (Å²) in [4.78, 5) is 54.9. The lowest BCUT2D eigenvalue weighted by molar-refractivity contribution is -0.158. The molecule has 16 nitrogen and oxygen atoms in total. The van der Waals surface area contributed by atoms with Crippen LogP contribution in [-0.2, 0) is 25.7 Å². The Labute approximate surface area is 233 Å². The monoisotopic (exact) mass is 573 g/mol. The number of nitrogens with one attached hydrogen (secondary N) is 5. The van der Waals surface area contributed by atoms with Crippen LogP contribution >= 0.6 is 11.8 Å². The fourth-order valence-electron chi connectivity index (χ4n) is 6.56. The van der Waals surface area contributed by atoms with E-state index in [1.165, 1.54) is 27.7 Å². The zero-order chi connectivity index (χ0) is 28.3. The highest BCUT2D eigenvalue weighted by Crippen LogP contribution is 2.51. The number of carboxylic acids is 1. The minimum absolute atomic E-state index is 0.00212. The zero-order valence-corrected chi connectivity index (χ0v) is 22.7. The summed E-state index contributed by atoms with van der Waals surface area (Å²) in [6, 6.07) is -1.19. The first-order chi connectivity index (χ1) is 19.1. The maximum atomic E-state index is 13.2. The van der Waals surface area contributed by atoms with Gasteiger partial charge in [-0.05, 0) is 23.8 Å². The molecule has 0 aliphatic carbocycles. The molecule has 4 fully saturated rings. The van der Waals surface area contributed by atoms with Crippen LogP contribution in [0.4, 0.5) is 0 Å². The molecule has 8 atom stereocenters. The van der Waals surface area contributed by atoms with E-state index < -0.39 is 17.9 Å². The van der Waals surface area contributed by atoms with Crippen LogP contribution in [0.25, 0.3) is 0 Å². The second kappa shape index (κ2) is 10.0. The van der Waals surface area contributed by atoms with Gasteiger partial charge in [-0.15, -0.1) is 16.9 Å². The third-order valence-electron chi connectivity index (χ3n) is 8.39. The number of carbonyl (C=O) groups excluding carboxylic acids is 3. The number of thioether (sulfide) groups is 1. The Morgan fingerprint density at radius 2 is 2.00 bits per heavy atom. The van der Waals surface area contributed by atoms with Crippen molar-refractivity contribution in [3.05, 3.63) is 16.9 Å². The molecular weight excluding hydrogens is 542 g/mol. The van der Waals surface area contributed by atoms with Crippen LogP contribution in [0.15, 0.2) is 16.9 Å². The lowest BCUT2D eigenvalue weighted by Crippen LogP contribution is -2.66. The topological polar surface area (TPSA) is 211 Å². The molecule has 0 spiro atoms. The molecule has 214 valence electrons. The summed E-state index contributed by atoms with van der Waals surface area (Å²) in [5, 5.41) is 40.6. The number of guanidine groups is 1. The van der Waals surface area contributed by atoms with E-state index >= 15 is 0 Å². The van der Waals surface area contributed by atoms with Gasteiger partial charge in [0.25, 0.3) is 0 Å². The molecule has 6 N–H and O–H groups in total. The lowest BCUT2D eigenvalue weighted by atomic mass is 9.78. The van der Waals surface area contributed by atoms with E-state index in [0.29, 0.717) is 31.0 Å². The minimum Gasteiger partial charge on any atom is -0.477 e. The number of carboxylic acid groups (broad SMARTS) is 1. The van der Waals surface area contributed by atoms with Crippen LogP contribution in [0.2, 0.25) is 0 Å². The molecule has 5 aliphatic rings. The number of hydrogen-bond donors (Lipinski definition) is 6. The van der Waals surface area contributed by atoms with Crippen LogP contribution < -0.4 is 21.3 Å². The number of amides is 3. The van der Waals surface area contributed by atoms with Crippen LogP contribution in [0, 0.1) is 17.2 Å². The predicted molar refractivity (Wildman–Crippen MR) is 139 cm³/mol.